The molecular weight excluding hydrogens is 257 g/mol. The third kappa shape index (κ3) is 2.70. The van der Waals surface area contributed by atoms with Crippen molar-refractivity contribution in [2.45, 2.75) is 26.3 Å². The average molecular weight is 274 g/mol. The predicted molar refractivity (Wildman–Crippen MR) is 72.2 cm³/mol. The molecule has 0 aliphatic carbocycles. The Bertz CT molecular complexity index is 409. The second kappa shape index (κ2) is 5.47. The van der Waals surface area contributed by atoms with Gasteiger partial charge in [-0.1, -0.05) is 37.0 Å². The number of fused-ring (bicyclic) bond motifs is 1. The highest BCUT2D eigenvalue weighted by atomic mass is 35.5. The quantitative estimate of drug-likeness (QED) is 0.897. The molecule has 2 rings (SSSR count). The fourth-order valence-corrected chi connectivity index (χ4v) is 2.78. The van der Waals surface area contributed by atoms with E-state index in [1.54, 1.807) is 6.07 Å². The van der Waals surface area contributed by atoms with Gasteiger partial charge >= 0.3 is 0 Å². The summed E-state index contributed by atoms with van der Waals surface area (Å²) in [6.07, 6.45) is 1.10. The molecule has 1 aromatic rings. The minimum atomic E-state index is 0.253. The lowest BCUT2D eigenvalue weighted by atomic mass is 9.92. The summed E-state index contributed by atoms with van der Waals surface area (Å²) < 4.78 is 5.70. The predicted octanol–water partition coefficient (Wildman–Crippen LogP) is 4.06. The minimum absolute atomic E-state index is 0.253. The van der Waals surface area contributed by atoms with Crippen molar-refractivity contribution in [2.75, 3.05) is 13.2 Å². The van der Waals surface area contributed by atoms with Crippen molar-refractivity contribution in [1.29, 1.82) is 0 Å². The fraction of sp³-hybridized carbons (Fsp3) is 0.538. The Morgan fingerprint density at radius 3 is 2.88 bits per heavy atom. The van der Waals surface area contributed by atoms with Gasteiger partial charge in [0.1, 0.15) is 5.75 Å². The third-order valence-electron chi connectivity index (χ3n) is 3.05. The number of rotatable bonds is 3. The van der Waals surface area contributed by atoms with Crippen LogP contribution in [-0.4, -0.2) is 13.2 Å². The minimum Gasteiger partial charge on any atom is -0.493 e. The maximum atomic E-state index is 6.28. The van der Waals surface area contributed by atoms with Gasteiger partial charge in [0.05, 0.1) is 11.6 Å². The van der Waals surface area contributed by atoms with Gasteiger partial charge in [-0.3, -0.25) is 0 Å². The van der Waals surface area contributed by atoms with Crippen LogP contribution in [0.25, 0.3) is 0 Å². The first kappa shape index (κ1) is 13.0. The second-order valence-corrected chi connectivity index (χ2v) is 5.36. The molecule has 0 saturated heterocycles. The van der Waals surface area contributed by atoms with Crippen LogP contribution in [-0.2, 0) is 0 Å². The molecular formula is C13H17Cl2NO. The van der Waals surface area contributed by atoms with E-state index >= 15 is 0 Å². The molecule has 0 bridgehead atoms. The van der Waals surface area contributed by atoms with Gasteiger partial charge in [-0.05, 0) is 25.1 Å². The summed E-state index contributed by atoms with van der Waals surface area (Å²) in [6, 6.07) is 3.88. The Morgan fingerprint density at radius 2 is 2.18 bits per heavy atom. The van der Waals surface area contributed by atoms with Gasteiger partial charge in [0.2, 0.25) is 0 Å². The van der Waals surface area contributed by atoms with Crippen LogP contribution in [0.4, 0.5) is 0 Å². The van der Waals surface area contributed by atoms with Crippen LogP contribution in [0.1, 0.15) is 31.9 Å². The van der Waals surface area contributed by atoms with Crippen molar-refractivity contribution >= 4 is 23.2 Å². The van der Waals surface area contributed by atoms with E-state index in [9.17, 15) is 0 Å². The smallest absolute Gasteiger partial charge is 0.127 e. The van der Waals surface area contributed by atoms with Gasteiger partial charge < -0.3 is 10.1 Å². The average Bonchev–Trinajstić information content (AvgIpc) is 2.28. The molecule has 1 aromatic carbocycles. The normalized spacial score (nSPS) is 23.1. The number of halogens is 2. The van der Waals surface area contributed by atoms with E-state index in [2.05, 4.69) is 19.2 Å². The van der Waals surface area contributed by atoms with Crippen molar-refractivity contribution in [3.8, 4) is 5.75 Å². The first-order valence-corrected chi connectivity index (χ1v) is 6.74. The molecule has 1 aliphatic rings. The second-order valence-electron chi connectivity index (χ2n) is 4.52. The molecule has 0 amide bonds. The highest BCUT2D eigenvalue weighted by molar-refractivity contribution is 6.35. The molecule has 0 spiro atoms. The Kier molecular flexibility index (Phi) is 4.18. The zero-order chi connectivity index (χ0) is 12.4. The van der Waals surface area contributed by atoms with E-state index in [-0.39, 0.29) is 6.04 Å². The van der Waals surface area contributed by atoms with E-state index < -0.39 is 0 Å². The van der Waals surface area contributed by atoms with E-state index in [4.69, 9.17) is 27.9 Å². The van der Waals surface area contributed by atoms with Crippen LogP contribution >= 0.6 is 23.2 Å². The molecule has 17 heavy (non-hydrogen) atoms. The monoisotopic (exact) mass is 273 g/mol. The zero-order valence-corrected chi connectivity index (χ0v) is 11.6. The van der Waals surface area contributed by atoms with Gasteiger partial charge in [0, 0.05) is 22.5 Å². The van der Waals surface area contributed by atoms with Gasteiger partial charge in [-0.2, -0.15) is 0 Å². The molecule has 1 N–H and O–H groups in total. The van der Waals surface area contributed by atoms with Crippen LogP contribution in [0.15, 0.2) is 12.1 Å². The standard InChI is InChI=1S/C13H17Cl2NO/c1-3-4-16-13-8(2)7-17-11-6-9(14)5-10(15)12(11)13/h5-6,8,13,16H,3-4,7H2,1-2H3. The number of nitrogens with one attached hydrogen (secondary N) is 1. The number of benzene rings is 1. The molecule has 2 atom stereocenters. The topological polar surface area (TPSA) is 21.3 Å². The van der Waals surface area contributed by atoms with Gasteiger partial charge in [-0.15, -0.1) is 0 Å². The first-order valence-electron chi connectivity index (χ1n) is 5.98. The van der Waals surface area contributed by atoms with Crippen molar-refractivity contribution in [1.82, 2.24) is 5.32 Å². The van der Waals surface area contributed by atoms with Crippen LogP contribution in [0, 0.1) is 5.92 Å². The van der Waals surface area contributed by atoms with Crippen LogP contribution in [0.5, 0.6) is 5.75 Å². The lowest BCUT2D eigenvalue weighted by molar-refractivity contribution is 0.189. The highest BCUT2D eigenvalue weighted by Gasteiger charge is 2.29. The van der Waals surface area contributed by atoms with Crippen molar-refractivity contribution in [2.24, 2.45) is 5.92 Å². The summed E-state index contributed by atoms with van der Waals surface area (Å²) in [4.78, 5) is 0. The van der Waals surface area contributed by atoms with Crippen molar-refractivity contribution in [3.05, 3.63) is 27.7 Å². The van der Waals surface area contributed by atoms with E-state index in [0.717, 1.165) is 24.3 Å². The molecule has 1 heterocycles. The molecule has 94 valence electrons. The maximum absolute atomic E-state index is 6.28. The summed E-state index contributed by atoms with van der Waals surface area (Å²) in [5.41, 5.74) is 1.04. The highest BCUT2D eigenvalue weighted by Crippen LogP contribution is 2.41. The van der Waals surface area contributed by atoms with E-state index in [1.165, 1.54) is 0 Å². The van der Waals surface area contributed by atoms with Crippen molar-refractivity contribution < 1.29 is 4.74 Å². The molecule has 0 fully saturated rings. The Balaban J connectivity index is 2.36. The molecule has 0 radical (unpaired) electrons. The Morgan fingerprint density at radius 1 is 1.41 bits per heavy atom. The number of hydrogen-bond donors (Lipinski definition) is 1. The molecule has 0 aromatic heterocycles. The first-order chi connectivity index (χ1) is 8.13. The van der Waals surface area contributed by atoms with Gasteiger partial charge in [0.15, 0.2) is 0 Å². The fourth-order valence-electron chi connectivity index (χ4n) is 2.19. The van der Waals surface area contributed by atoms with E-state index in [0.29, 0.717) is 22.6 Å². The third-order valence-corrected chi connectivity index (χ3v) is 3.58. The lowest BCUT2D eigenvalue weighted by Crippen LogP contribution is -2.34. The zero-order valence-electron chi connectivity index (χ0n) is 10.1. The number of ether oxygens (including phenoxy) is 1. The molecule has 2 nitrogen and oxygen atoms in total. The van der Waals surface area contributed by atoms with Crippen molar-refractivity contribution in [3.63, 3.8) is 0 Å². The Labute approximate surface area is 112 Å². The molecule has 0 saturated carbocycles. The van der Waals surface area contributed by atoms with Crippen LogP contribution < -0.4 is 10.1 Å². The summed E-state index contributed by atoms with van der Waals surface area (Å²) in [7, 11) is 0. The summed E-state index contributed by atoms with van der Waals surface area (Å²) in [5.74, 6) is 1.22. The molecule has 2 unspecified atom stereocenters. The number of hydrogen-bond acceptors (Lipinski definition) is 2. The lowest BCUT2D eigenvalue weighted by Gasteiger charge is -2.33. The summed E-state index contributed by atoms with van der Waals surface area (Å²) >= 11 is 12.3. The van der Waals surface area contributed by atoms with Crippen LogP contribution in [0.2, 0.25) is 10.0 Å². The molecule has 4 heteroatoms. The maximum Gasteiger partial charge on any atom is 0.127 e. The largest absolute Gasteiger partial charge is 0.493 e. The Hall–Kier alpha value is -0.440. The van der Waals surface area contributed by atoms with E-state index in [1.807, 2.05) is 6.07 Å². The van der Waals surface area contributed by atoms with Gasteiger partial charge in [-0.25, -0.2) is 0 Å². The summed E-state index contributed by atoms with van der Waals surface area (Å²) in [6.45, 7) is 6.00. The van der Waals surface area contributed by atoms with Gasteiger partial charge in [0.25, 0.3) is 0 Å². The summed E-state index contributed by atoms with van der Waals surface area (Å²) in [5, 5.41) is 4.84. The van der Waals surface area contributed by atoms with Crippen LogP contribution in [0.3, 0.4) is 0 Å². The molecule has 1 aliphatic heterocycles. The SMILES string of the molecule is CCCNC1c2c(Cl)cc(Cl)cc2OCC1C.